The van der Waals surface area contributed by atoms with Gasteiger partial charge in [0.25, 0.3) is 0 Å². The molecule has 18 heavy (non-hydrogen) atoms. The zero-order chi connectivity index (χ0) is 12.8. The highest BCUT2D eigenvalue weighted by atomic mass is 16.5. The summed E-state index contributed by atoms with van der Waals surface area (Å²) in [6.07, 6.45) is 5.59. The lowest BCUT2D eigenvalue weighted by molar-refractivity contribution is 0.406. The monoisotopic (exact) mass is 249 g/mol. The molecule has 2 aromatic rings. The fourth-order valence-corrected chi connectivity index (χ4v) is 1.91. The fourth-order valence-electron chi connectivity index (χ4n) is 1.91. The van der Waals surface area contributed by atoms with E-state index in [1.165, 1.54) is 6.39 Å². The molecule has 0 amide bonds. The zero-order valence-electron chi connectivity index (χ0n) is 10.8. The molecule has 0 unspecified atom stereocenters. The fraction of sp³-hybridized carbons (Fsp3) is 0.583. The van der Waals surface area contributed by atoms with Crippen molar-refractivity contribution in [1.29, 1.82) is 0 Å². The number of nitrogens with zero attached hydrogens (tertiary/aromatic N) is 4. The molecule has 0 aromatic carbocycles. The van der Waals surface area contributed by atoms with Crippen LogP contribution in [-0.4, -0.2) is 19.9 Å². The van der Waals surface area contributed by atoms with Crippen molar-refractivity contribution in [3.8, 4) is 0 Å². The summed E-state index contributed by atoms with van der Waals surface area (Å²) in [6, 6.07) is 2.54. The summed E-state index contributed by atoms with van der Waals surface area (Å²) >= 11 is 0. The third kappa shape index (κ3) is 3.16. The van der Waals surface area contributed by atoms with E-state index in [9.17, 15) is 0 Å². The van der Waals surface area contributed by atoms with Gasteiger partial charge >= 0.3 is 0 Å². The summed E-state index contributed by atoms with van der Waals surface area (Å²) < 4.78 is 6.71. The average molecular weight is 249 g/mol. The van der Waals surface area contributed by atoms with Crippen molar-refractivity contribution in [3.05, 3.63) is 30.2 Å². The van der Waals surface area contributed by atoms with Gasteiger partial charge in [-0.05, 0) is 18.9 Å². The van der Waals surface area contributed by atoms with Crippen LogP contribution < -0.4 is 5.32 Å². The minimum absolute atomic E-state index is 0.496. The van der Waals surface area contributed by atoms with Crippen LogP contribution in [0.3, 0.4) is 0 Å². The first kappa shape index (κ1) is 12.8. The highest BCUT2D eigenvalue weighted by Gasteiger charge is 2.07. The molecule has 0 spiro atoms. The molecular formula is C12H19N5O. The van der Waals surface area contributed by atoms with Gasteiger partial charge in [0.2, 0.25) is 6.39 Å². The van der Waals surface area contributed by atoms with E-state index in [0.29, 0.717) is 25.0 Å². The van der Waals surface area contributed by atoms with Crippen molar-refractivity contribution in [2.45, 2.75) is 45.8 Å². The molecule has 0 radical (unpaired) electrons. The van der Waals surface area contributed by atoms with Crippen molar-refractivity contribution >= 4 is 0 Å². The van der Waals surface area contributed by atoms with Gasteiger partial charge in [0.15, 0.2) is 5.82 Å². The molecular weight excluding hydrogens is 230 g/mol. The first-order chi connectivity index (χ1) is 8.83. The van der Waals surface area contributed by atoms with Gasteiger partial charge in [0, 0.05) is 12.7 Å². The Kier molecular flexibility index (Phi) is 4.46. The van der Waals surface area contributed by atoms with Crippen LogP contribution in [0.2, 0.25) is 0 Å². The minimum Gasteiger partial charge on any atom is -0.343 e. The van der Waals surface area contributed by atoms with Gasteiger partial charge in [0.1, 0.15) is 0 Å². The van der Waals surface area contributed by atoms with E-state index in [2.05, 4.69) is 38.9 Å². The average Bonchev–Trinajstić information content (AvgIpc) is 3.03. The Hall–Kier alpha value is -1.69. The number of aromatic nitrogens is 4. The molecule has 2 rings (SSSR count). The smallest absolute Gasteiger partial charge is 0.213 e. The quantitative estimate of drug-likeness (QED) is 0.811. The van der Waals surface area contributed by atoms with E-state index in [1.54, 1.807) is 0 Å². The van der Waals surface area contributed by atoms with Gasteiger partial charge < -0.3 is 9.84 Å². The van der Waals surface area contributed by atoms with Crippen LogP contribution in [0.4, 0.5) is 0 Å². The molecule has 0 aliphatic rings. The second-order valence-electron chi connectivity index (χ2n) is 4.21. The van der Waals surface area contributed by atoms with Crippen molar-refractivity contribution < 1.29 is 4.52 Å². The SMILES string of the molecule is CCC(CC)n1ccc(CNCc2ncon2)n1. The molecule has 0 fully saturated rings. The lowest BCUT2D eigenvalue weighted by atomic mass is 10.2. The zero-order valence-corrected chi connectivity index (χ0v) is 10.8. The Morgan fingerprint density at radius 2 is 2.17 bits per heavy atom. The van der Waals surface area contributed by atoms with Crippen LogP contribution in [0.25, 0.3) is 0 Å². The molecule has 0 aliphatic heterocycles. The van der Waals surface area contributed by atoms with Crippen molar-refractivity contribution in [1.82, 2.24) is 25.2 Å². The van der Waals surface area contributed by atoms with Gasteiger partial charge in [-0.1, -0.05) is 19.0 Å². The van der Waals surface area contributed by atoms with Crippen molar-refractivity contribution in [3.63, 3.8) is 0 Å². The molecule has 2 heterocycles. The number of nitrogens with one attached hydrogen (secondary N) is 1. The number of hydrogen-bond donors (Lipinski definition) is 1. The summed E-state index contributed by atoms with van der Waals surface area (Å²) in [5, 5.41) is 11.5. The molecule has 0 atom stereocenters. The van der Waals surface area contributed by atoms with E-state index < -0.39 is 0 Å². The topological polar surface area (TPSA) is 68.8 Å². The summed E-state index contributed by atoms with van der Waals surface area (Å²) in [7, 11) is 0. The summed E-state index contributed by atoms with van der Waals surface area (Å²) in [5.41, 5.74) is 1.03. The Bertz CT molecular complexity index is 447. The van der Waals surface area contributed by atoms with E-state index in [-0.39, 0.29) is 0 Å². The van der Waals surface area contributed by atoms with E-state index in [1.807, 2.05) is 16.9 Å². The minimum atomic E-state index is 0.496. The third-order valence-corrected chi connectivity index (χ3v) is 2.98. The molecule has 0 saturated heterocycles. The van der Waals surface area contributed by atoms with Gasteiger partial charge in [0.05, 0.1) is 18.3 Å². The first-order valence-corrected chi connectivity index (χ1v) is 6.33. The van der Waals surface area contributed by atoms with Crippen LogP contribution in [0.15, 0.2) is 23.2 Å². The second-order valence-corrected chi connectivity index (χ2v) is 4.21. The van der Waals surface area contributed by atoms with Gasteiger partial charge in [-0.3, -0.25) is 4.68 Å². The van der Waals surface area contributed by atoms with E-state index >= 15 is 0 Å². The normalized spacial score (nSPS) is 11.3. The summed E-state index contributed by atoms with van der Waals surface area (Å²) in [4.78, 5) is 3.94. The lowest BCUT2D eigenvalue weighted by Crippen LogP contribution is -2.15. The Morgan fingerprint density at radius 3 is 2.83 bits per heavy atom. The van der Waals surface area contributed by atoms with Gasteiger partial charge in [-0.2, -0.15) is 10.1 Å². The summed E-state index contributed by atoms with van der Waals surface area (Å²) in [5.74, 6) is 0.662. The van der Waals surface area contributed by atoms with Crippen molar-refractivity contribution in [2.75, 3.05) is 0 Å². The highest BCUT2D eigenvalue weighted by Crippen LogP contribution is 2.14. The predicted molar refractivity (Wildman–Crippen MR) is 66.7 cm³/mol. The number of hydrogen-bond acceptors (Lipinski definition) is 5. The molecule has 98 valence electrons. The van der Waals surface area contributed by atoms with Crippen LogP contribution in [0, 0.1) is 0 Å². The second kappa shape index (κ2) is 6.30. The predicted octanol–water partition coefficient (Wildman–Crippen LogP) is 1.92. The van der Waals surface area contributed by atoms with Crippen molar-refractivity contribution in [2.24, 2.45) is 0 Å². The molecule has 0 bridgehead atoms. The lowest BCUT2D eigenvalue weighted by Gasteiger charge is -2.12. The Labute approximate surface area is 106 Å². The molecule has 1 N–H and O–H groups in total. The number of rotatable bonds is 7. The van der Waals surface area contributed by atoms with Gasteiger partial charge in [-0.25, -0.2) is 0 Å². The van der Waals surface area contributed by atoms with Crippen LogP contribution in [0.1, 0.15) is 44.2 Å². The molecule has 6 nitrogen and oxygen atoms in total. The highest BCUT2D eigenvalue weighted by molar-refractivity contribution is 4.99. The molecule has 0 aliphatic carbocycles. The maximum Gasteiger partial charge on any atom is 0.213 e. The molecule has 6 heteroatoms. The van der Waals surface area contributed by atoms with Crippen LogP contribution in [-0.2, 0) is 13.1 Å². The van der Waals surface area contributed by atoms with E-state index in [0.717, 1.165) is 18.5 Å². The standard InChI is InChI=1S/C12H19N5O/c1-3-11(4-2)17-6-5-10(15-17)7-13-8-12-14-9-18-16-12/h5-6,9,11,13H,3-4,7-8H2,1-2H3. The van der Waals surface area contributed by atoms with Crippen LogP contribution in [0.5, 0.6) is 0 Å². The van der Waals surface area contributed by atoms with Gasteiger partial charge in [-0.15, -0.1) is 0 Å². The Morgan fingerprint density at radius 1 is 1.33 bits per heavy atom. The van der Waals surface area contributed by atoms with Crippen LogP contribution >= 0.6 is 0 Å². The largest absolute Gasteiger partial charge is 0.343 e. The first-order valence-electron chi connectivity index (χ1n) is 6.33. The Balaban J connectivity index is 1.83. The maximum atomic E-state index is 4.66. The molecule has 2 aromatic heterocycles. The summed E-state index contributed by atoms with van der Waals surface area (Å²) in [6.45, 7) is 5.67. The third-order valence-electron chi connectivity index (χ3n) is 2.98. The van der Waals surface area contributed by atoms with E-state index in [4.69, 9.17) is 0 Å². The molecule has 0 saturated carbocycles. The maximum absolute atomic E-state index is 4.66.